The first-order chi connectivity index (χ1) is 21.8. The van der Waals surface area contributed by atoms with Gasteiger partial charge in [0.25, 0.3) is 0 Å². The smallest absolute Gasteiger partial charge is 0.243 e. The van der Waals surface area contributed by atoms with Crippen molar-refractivity contribution < 1.29 is 29.4 Å². The van der Waals surface area contributed by atoms with Gasteiger partial charge in [0.05, 0.1) is 31.7 Å². The van der Waals surface area contributed by atoms with Crippen molar-refractivity contribution in [3.8, 4) is 11.1 Å². The molecule has 2 amide bonds. The van der Waals surface area contributed by atoms with Gasteiger partial charge in [-0.1, -0.05) is 83.9 Å². The van der Waals surface area contributed by atoms with Crippen molar-refractivity contribution in [3.63, 3.8) is 0 Å². The molecule has 0 spiro atoms. The van der Waals surface area contributed by atoms with Crippen molar-refractivity contribution in [1.82, 2.24) is 20.3 Å². The molecule has 2 heterocycles. The lowest BCUT2D eigenvalue weighted by Crippen LogP contribution is -2.32. The number of hydrogen-bond acceptors (Lipinski definition) is 7. The molecule has 12 heteroatoms. The van der Waals surface area contributed by atoms with Crippen LogP contribution in [-0.4, -0.2) is 37.8 Å². The quantitative estimate of drug-likeness (QED) is 0.111. The Hall–Kier alpha value is -3.77. The highest BCUT2D eigenvalue weighted by Crippen LogP contribution is 2.39. The van der Waals surface area contributed by atoms with E-state index in [-0.39, 0.29) is 42.7 Å². The molecule has 0 bridgehead atoms. The van der Waals surface area contributed by atoms with Crippen molar-refractivity contribution in [2.45, 2.75) is 63.9 Å². The van der Waals surface area contributed by atoms with Gasteiger partial charge in [0.15, 0.2) is 11.4 Å². The van der Waals surface area contributed by atoms with E-state index in [0.29, 0.717) is 31.1 Å². The van der Waals surface area contributed by atoms with Crippen molar-refractivity contribution in [1.29, 1.82) is 0 Å². The average Bonchev–Trinajstić information content (AvgIpc) is 3.39. The van der Waals surface area contributed by atoms with Crippen LogP contribution in [0, 0.1) is 0 Å². The summed E-state index contributed by atoms with van der Waals surface area (Å²) in [5.74, 6) is -0.689. The van der Waals surface area contributed by atoms with E-state index in [1.165, 1.54) is 0 Å². The molecule has 1 fully saturated rings. The lowest BCUT2D eigenvalue weighted by atomic mass is 9.98. The maximum atomic E-state index is 12.2. The van der Waals surface area contributed by atoms with Gasteiger partial charge in [-0.3, -0.25) is 14.8 Å². The van der Waals surface area contributed by atoms with E-state index in [1.807, 2.05) is 72.8 Å². The van der Waals surface area contributed by atoms with Gasteiger partial charge in [-0.05, 0) is 46.4 Å². The molecule has 0 saturated carbocycles. The lowest BCUT2D eigenvalue weighted by Gasteiger charge is -2.36. The number of rotatable bonds is 12. The number of aliphatic hydroxyl groups is 1. The minimum Gasteiger partial charge on any atom is -0.392 e. The Balaban J connectivity index is 1.31. The van der Waals surface area contributed by atoms with Gasteiger partial charge in [0.2, 0.25) is 11.8 Å². The maximum Gasteiger partial charge on any atom is 0.243 e. The van der Waals surface area contributed by atoms with Crippen molar-refractivity contribution >= 4 is 35.0 Å². The monoisotopic (exact) mass is 652 g/mol. The summed E-state index contributed by atoms with van der Waals surface area (Å²) >= 11 is 12.5. The van der Waals surface area contributed by atoms with Gasteiger partial charge in [0, 0.05) is 31.4 Å². The highest BCUT2D eigenvalue weighted by Gasteiger charge is 2.33. The molecule has 5 rings (SSSR count). The number of carbonyl (C=O) groups excluding carboxylic acids is 2. The van der Waals surface area contributed by atoms with Gasteiger partial charge in [-0.2, -0.15) is 0 Å². The molecule has 3 aromatic carbocycles. The third-order valence-corrected chi connectivity index (χ3v) is 8.36. The number of halogens is 2. The molecule has 0 aliphatic carbocycles. The molecule has 236 valence electrons. The number of carbonyl (C=O) groups is 2. The number of aliphatic hydroxyl groups excluding tert-OH is 1. The first-order valence-electron chi connectivity index (χ1n) is 14.6. The molecular weight excluding hydrogens is 619 g/mol. The maximum absolute atomic E-state index is 12.2. The molecule has 0 unspecified atom stereocenters. The van der Waals surface area contributed by atoms with Crippen molar-refractivity contribution in [2.24, 2.45) is 0 Å². The number of nitrogens with one attached hydrogen (secondary N) is 2. The highest BCUT2D eigenvalue weighted by atomic mass is 35.5. The molecule has 1 aliphatic rings. The summed E-state index contributed by atoms with van der Waals surface area (Å²) in [5, 5.41) is 21.5. The predicted molar refractivity (Wildman–Crippen MR) is 168 cm³/mol. The van der Waals surface area contributed by atoms with Crippen LogP contribution in [0.25, 0.3) is 11.1 Å². The Morgan fingerprint density at radius 3 is 2.36 bits per heavy atom. The zero-order valence-electron chi connectivity index (χ0n) is 24.4. The number of imidazole rings is 1. The summed E-state index contributed by atoms with van der Waals surface area (Å²) in [6.07, 6.45) is 1.57. The van der Waals surface area contributed by atoms with E-state index in [4.69, 9.17) is 37.9 Å². The van der Waals surface area contributed by atoms with Crippen LogP contribution < -0.4 is 10.8 Å². The number of hydrogen-bond donors (Lipinski definition) is 4. The molecular formula is C33H34Cl2N4O6. The van der Waals surface area contributed by atoms with Gasteiger partial charge in [-0.15, -0.1) is 0 Å². The Bertz CT molecular complexity index is 1610. The number of amides is 2. The third kappa shape index (κ3) is 8.70. The minimum absolute atomic E-state index is 0.0358. The van der Waals surface area contributed by atoms with E-state index in [0.717, 1.165) is 33.4 Å². The average molecular weight is 654 g/mol. The Morgan fingerprint density at radius 1 is 0.911 bits per heavy atom. The van der Waals surface area contributed by atoms with Crippen LogP contribution in [0.2, 0.25) is 10.3 Å². The standard InChI is InChI=1S/C33H34Cl2N4O6/c34-31-32(35)39(20-37-31)18-27-16-28(23-12-10-21(19-40)11-13-23)45-33(44-27)26-7-2-6-25(15-26)24-5-1-4-22(14-24)17-36-29(41)8-3-9-30(42)38-43/h1-2,4-7,10-15,20,27-28,33,40,43H,3,8-9,16-19H2,(H,36,41)(H,38,42)/t27-,28+,33+/m0/s1. The number of benzene rings is 3. The third-order valence-electron chi connectivity index (χ3n) is 7.59. The van der Waals surface area contributed by atoms with Crippen LogP contribution >= 0.6 is 23.2 Å². The summed E-state index contributed by atoms with van der Waals surface area (Å²) in [4.78, 5) is 27.5. The minimum atomic E-state index is -0.667. The summed E-state index contributed by atoms with van der Waals surface area (Å²) in [6, 6.07) is 23.5. The second kappa shape index (κ2) is 15.5. The van der Waals surface area contributed by atoms with E-state index in [2.05, 4.69) is 10.3 Å². The second-order valence-corrected chi connectivity index (χ2v) is 11.5. The molecule has 1 aliphatic heterocycles. The van der Waals surface area contributed by atoms with Gasteiger partial charge in [0.1, 0.15) is 5.15 Å². The highest BCUT2D eigenvalue weighted by molar-refractivity contribution is 6.40. The second-order valence-electron chi connectivity index (χ2n) is 10.8. The lowest BCUT2D eigenvalue weighted by molar-refractivity contribution is -0.252. The van der Waals surface area contributed by atoms with Gasteiger partial charge >= 0.3 is 0 Å². The SMILES string of the molecule is O=C(CCCC(=O)NCc1cccc(-c2cccc([C@@H]3O[C@H](Cn4cnc(Cl)c4Cl)C[C@H](c4ccc(CO)cc4)O3)c2)c1)NO. The van der Waals surface area contributed by atoms with Gasteiger partial charge in [-0.25, -0.2) is 10.5 Å². The van der Waals surface area contributed by atoms with Gasteiger partial charge < -0.3 is 24.5 Å². The number of aromatic nitrogens is 2. The summed E-state index contributed by atoms with van der Waals surface area (Å²) in [7, 11) is 0. The van der Waals surface area contributed by atoms with Crippen LogP contribution in [0.4, 0.5) is 0 Å². The summed E-state index contributed by atoms with van der Waals surface area (Å²) in [6.45, 7) is 0.740. The zero-order chi connectivity index (χ0) is 31.8. The van der Waals surface area contributed by atoms with Crippen LogP contribution in [-0.2, 0) is 38.8 Å². The fraction of sp³-hybridized carbons (Fsp3) is 0.303. The van der Waals surface area contributed by atoms with E-state index < -0.39 is 12.2 Å². The zero-order valence-corrected chi connectivity index (χ0v) is 25.9. The molecule has 4 N–H and O–H groups in total. The number of hydroxylamine groups is 1. The van der Waals surface area contributed by atoms with Crippen LogP contribution in [0.3, 0.4) is 0 Å². The molecule has 3 atom stereocenters. The Morgan fingerprint density at radius 2 is 1.64 bits per heavy atom. The van der Waals surface area contributed by atoms with Crippen LogP contribution in [0.1, 0.15) is 60.3 Å². The van der Waals surface area contributed by atoms with Crippen LogP contribution in [0.15, 0.2) is 79.1 Å². The number of nitrogens with zero attached hydrogens (tertiary/aromatic N) is 2. The normalized spacial score (nSPS) is 18.0. The fourth-order valence-corrected chi connectivity index (χ4v) is 5.52. The van der Waals surface area contributed by atoms with Crippen molar-refractivity contribution in [3.05, 3.63) is 112 Å². The largest absolute Gasteiger partial charge is 0.392 e. The Kier molecular flexibility index (Phi) is 11.2. The summed E-state index contributed by atoms with van der Waals surface area (Å²) in [5.41, 5.74) is 7.05. The molecule has 10 nitrogen and oxygen atoms in total. The molecule has 0 radical (unpaired) electrons. The summed E-state index contributed by atoms with van der Waals surface area (Å²) < 4.78 is 14.7. The molecule has 45 heavy (non-hydrogen) atoms. The first-order valence-corrected chi connectivity index (χ1v) is 15.3. The molecule has 1 aromatic heterocycles. The van der Waals surface area contributed by atoms with E-state index >= 15 is 0 Å². The molecule has 4 aromatic rings. The Labute approximate surface area is 270 Å². The van der Waals surface area contributed by atoms with E-state index in [1.54, 1.807) is 16.4 Å². The van der Waals surface area contributed by atoms with Crippen LogP contribution in [0.5, 0.6) is 0 Å². The first kappa shape index (κ1) is 32.6. The predicted octanol–water partition coefficient (Wildman–Crippen LogP) is 5.89. The molecule has 1 saturated heterocycles. The van der Waals surface area contributed by atoms with Crippen molar-refractivity contribution in [2.75, 3.05) is 0 Å². The topological polar surface area (TPSA) is 135 Å². The van der Waals surface area contributed by atoms with E-state index in [9.17, 15) is 14.7 Å². The number of ether oxygens (including phenoxy) is 2. The fourth-order valence-electron chi connectivity index (χ4n) is 5.20.